The molecular formula is C18H12F5N3O. The Balaban J connectivity index is 1.86. The molecule has 0 fully saturated rings. The molecule has 0 spiro atoms. The van der Waals surface area contributed by atoms with Crippen LogP contribution in [0, 0.1) is 11.6 Å². The fraction of sp³-hybridized carbons (Fsp3) is 0.111. The lowest BCUT2D eigenvalue weighted by atomic mass is 10.1. The minimum Gasteiger partial charge on any atom is -0.321 e. The van der Waals surface area contributed by atoms with Crippen LogP contribution in [0.3, 0.4) is 0 Å². The van der Waals surface area contributed by atoms with E-state index in [0.717, 1.165) is 6.07 Å². The van der Waals surface area contributed by atoms with Crippen LogP contribution in [0.15, 0.2) is 48.5 Å². The van der Waals surface area contributed by atoms with Crippen molar-refractivity contribution in [2.24, 2.45) is 7.05 Å². The molecule has 3 aromatic rings. The van der Waals surface area contributed by atoms with Crippen molar-refractivity contribution in [3.8, 4) is 11.3 Å². The number of aryl methyl sites for hydroxylation is 1. The third-order valence-electron chi connectivity index (χ3n) is 3.78. The van der Waals surface area contributed by atoms with Crippen LogP contribution in [0.1, 0.15) is 16.1 Å². The van der Waals surface area contributed by atoms with Gasteiger partial charge in [0.05, 0.1) is 11.3 Å². The summed E-state index contributed by atoms with van der Waals surface area (Å²) in [5.74, 6) is -2.58. The molecule has 1 amide bonds. The second kappa shape index (κ2) is 6.82. The molecule has 9 heteroatoms. The number of hydrogen-bond donors (Lipinski definition) is 1. The molecule has 0 aliphatic carbocycles. The maximum absolute atomic E-state index is 13.3. The van der Waals surface area contributed by atoms with Crippen LogP contribution in [0.4, 0.5) is 27.6 Å². The lowest BCUT2D eigenvalue weighted by molar-refractivity contribution is -0.139. The smallest absolute Gasteiger partial charge is 0.321 e. The van der Waals surface area contributed by atoms with E-state index < -0.39 is 29.3 Å². The summed E-state index contributed by atoms with van der Waals surface area (Å²) in [6.07, 6.45) is -4.88. The summed E-state index contributed by atoms with van der Waals surface area (Å²) < 4.78 is 65.9. The minimum atomic E-state index is -4.88. The minimum absolute atomic E-state index is 0.0622. The molecular weight excluding hydrogens is 369 g/mol. The van der Waals surface area contributed by atoms with Gasteiger partial charge in [0.25, 0.3) is 5.91 Å². The van der Waals surface area contributed by atoms with E-state index in [1.54, 1.807) is 0 Å². The summed E-state index contributed by atoms with van der Waals surface area (Å²) >= 11 is 0. The fourth-order valence-corrected chi connectivity index (χ4v) is 2.46. The zero-order chi connectivity index (χ0) is 19.8. The first-order valence-electron chi connectivity index (χ1n) is 7.63. The molecule has 0 saturated heterocycles. The van der Waals surface area contributed by atoms with Crippen molar-refractivity contribution in [1.82, 2.24) is 9.78 Å². The molecule has 1 aromatic heterocycles. The Morgan fingerprint density at radius 3 is 2.33 bits per heavy atom. The van der Waals surface area contributed by atoms with Gasteiger partial charge in [-0.15, -0.1) is 0 Å². The molecule has 0 saturated carbocycles. The van der Waals surface area contributed by atoms with Crippen molar-refractivity contribution in [1.29, 1.82) is 0 Å². The van der Waals surface area contributed by atoms with Crippen molar-refractivity contribution in [2.75, 3.05) is 5.32 Å². The molecule has 0 aliphatic heterocycles. The van der Waals surface area contributed by atoms with Crippen LogP contribution in [-0.2, 0) is 13.2 Å². The van der Waals surface area contributed by atoms with Gasteiger partial charge in [-0.1, -0.05) is 0 Å². The standard InChI is InChI=1S/C18H12F5N3O/c1-26-16(9-15(25-26)10-2-4-11(19)5-3-10)17(27)24-12-6-7-14(20)13(8-12)18(21,22)23/h2-9H,1H3,(H,24,27). The SMILES string of the molecule is Cn1nc(-c2ccc(F)cc2)cc1C(=O)Nc1ccc(F)c(C(F)(F)F)c1. The maximum atomic E-state index is 13.3. The van der Waals surface area contributed by atoms with Gasteiger partial charge in [0.2, 0.25) is 0 Å². The second-order valence-electron chi connectivity index (χ2n) is 5.69. The molecule has 4 nitrogen and oxygen atoms in total. The molecule has 0 aliphatic rings. The molecule has 0 unspecified atom stereocenters. The predicted molar refractivity (Wildman–Crippen MR) is 88.0 cm³/mol. The number of nitrogens with zero attached hydrogens (tertiary/aromatic N) is 2. The largest absolute Gasteiger partial charge is 0.419 e. The topological polar surface area (TPSA) is 46.9 Å². The molecule has 3 rings (SSSR count). The normalized spacial score (nSPS) is 11.5. The first kappa shape index (κ1) is 18.6. The Bertz CT molecular complexity index is 993. The van der Waals surface area contributed by atoms with Crippen LogP contribution < -0.4 is 5.32 Å². The summed E-state index contributed by atoms with van der Waals surface area (Å²) in [6.45, 7) is 0. The number of rotatable bonds is 3. The zero-order valence-corrected chi connectivity index (χ0v) is 13.8. The number of aromatic nitrogens is 2. The van der Waals surface area contributed by atoms with E-state index in [2.05, 4.69) is 10.4 Å². The van der Waals surface area contributed by atoms with Crippen molar-refractivity contribution >= 4 is 11.6 Å². The second-order valence-corrected chi connectivity index (χ2v) is 5.69. The van der Waals surface area contributed by atoms with Gasteiger partial charge in [-0.2, -0.15) is 18.3 Å². The summed E-state index contributed by atoms with van der Waals surface area (Å²) in [5.41, 5.74) is -0.673. The molecule has 1 N–H and O–H groups in total. The predicted octanol–water partition coefficient (Wildman–Crippen LogP) is 4.64. The number of alkyl halides is 3. The van der Waals surface area contributed by atoms with Gasteiger partial charge in [0.1, 0.15) is 17.3 Å². The highest BCUT2D eigenvalue weighted by molar-refractivity contribution is 6.03. The Labute approximate surface area is 150 Å². The molecule has 1 heterocycles. The fourth-order valence-electron chi connectivity index (χ4n) is 2.46. The first-order chi connectivity index (χ1) is 12.6. The molecule has 2 aromatic carbocycles. The molecule has 0 atom stereocenters. The number of nitrogens with one attached hydrogen (secondary N) is 1. The van der Waals surface area contributed by atoms with Gasteiger partial charge < -0.3 is 5.32 Å². The van der Waals surface area contributed by atoms with Gasteiger partial charge in [0, 0.05) is 18.3 Å². The lowest BCUT2D eigenvalue weighted by Crippen LogP contribution is -2.17. The lowest BCUT2D eigenvalue weighted by Gasteiger charge is -2.11. The highest BCUT2D eigenvalue weighted by Crippen LogP contribution is 2.33. The number of carbonyl (C=O) groups excluding carboxylic acids is 1. The van der Waals surface area contributed by atoms with Crippen molar-refractivity contribution < 1.29 is 26.7 Å². The maximum Gasteiger partial charge on any atom is 0.419 e. The summed E-state index contributed by atoms with van der Waals surface area (Å²) in [4.78, 5) is 12.4. The Morgan fingerprint density at radius 2 is 1.70 bits per heavy atom. The number of hydrogen-bond acceptors (Lipinski definition) is 2. The highest BCUT2D eigenvalue weighted by atomic mass is 19.4. The molecule has 27 heavy (non-hydrogen) atoms. The van der Waals surface area contributed by atoms with Gasteiger partial charge >= 0.3 is 6.18 Å². The van der Waals surface area contributed by atoms with Gasteiger partial charge in [0.15, 0.2) is 0 Å². The average molecular weight is 381 g/mol. The number of anilines is 1. The highest BCUT2D eigenvalue weighted by Gasteiger charge is 2.34. The van der Waals surface area contributed by atoms with E-state index >= 15 is 0 Å². The van der Waals surface area contributed by atoms with E-state index in [1.165, 1.54) is 42.1 Å². The zero-order valence-electron chi connectivity index (χ0n) is 13.8. The molecule has 0 radical (unpaired) electrons. The Kier molecular flexibility index (Phi) is 4.69. The van der Waals surface area contributed by atoms with E-state index in [-0.39, 0.29) is 11.4 Å². The van der Waals surface area contributed by atoms with Gasteiger partial charge in [-0.05, 0) is 48.5 Å². The third-order valence-corrected chi connectivity index (χ3v) is 3.78. The summed E-state index contributed by atoms with van der Waals surface area (Å²) in [6, 6.07) is 9.03. The van der Waals surface area contributed by atoms with E-state index in [1.807, 2.05) is 0 Å². The first-order valence-corrected chi connectivity index (χ1v) is 7.63. The third kappa shape index (κ3) is 3.97. The van der Waals surface area contributed by atoms with E-state index in [0.29, 0.717) is 23.4 Å². The van der Waals surface area contributed by atoms with Crippen LogP contribution in [-0.4, -0.2) is 15.7 Å². The average Bonchev–Trinajstić information content (AvgIpc) is 2.98. The van der Waals surface area contributed by atoms with Crippen molar-refractivity contribution in [3.05, 3.63) is 71.4 Å². The van der Waals surface area contributed by atoms with Gasteiger partial charge in [-0.3, -0.25) is 9.48 Å². The van der Waals surface area contributed by atoms with Crippen molar-refractivity contribution in [3.63, 3.8) is 0 Å². The number of halogens is 5. The molecule has 0 bridgehead atoms. The Morgan fingerprint density at radius 1 is 1.04 bits per heavy atom. The van der Waals surface area contributed by atoms with Crippen LogP contribution in [0.25, 0.3) is 11.3 Å². The van der Waals surface area contributed by atoms with Crippen LogP contribution >= 0.6 is 0 Å². The van der Waals surface area contributed by atoms with Crippen LogP contribution in [0.2, 0.25) is 0 Å². The van der Waals surface area contributed by atoms with Crippen molar-refractivity contribution in [2.45, 2.75) is 6.18 Å². The summed E-state index contributed by atoms with van der Waals surface area (Å²) in [5, 5.41) is 6.42. The number of benzene rings is 2. The van der Waals surface area contributed by atoms with E-state index in [9.17, 15) is 26.7 Å². The van der Waals surface area contributed by atoms with Gasteiger partial charge in [-0.25, -0.2) is 8.78 Å². The van der Waals surface area contributed by atoms with Crippen LogP contribution in [0.5, 0.6) is 0 Å². The number of carbonyl (C=O) groups is 1. The monoisotopic (exact) mass is 381 g/mol. The molecule has 140 valence electrons. The Hall–Kier alpha value is -3.23. The van der Waals surface area contributed by atoms with E-state index in [4.69, 9.17) is 0 Å². The number of amides is 1. The summed E-state index contributed by atoms with van der Waals surface area (Å²) in [7, 11) is 1.48. The quantitative estimate of drug-likeness (QED) is 0.672.